The summed E-state index contributed by atoms with van der Waals surface area (Å²) in [4.78, 5) is 16.5. The molecule has 0 radical (unpaired) electrons. The van der Waals surface area contributed by atoms with Gasteiger partial charge in [0, 0.05) is 25.0 Å². The lowest BCUT2D eigenvalue weighted by Gasteiger charge is -2.44. The monoisotopic (exact) mass is 471 g/mol. The highest BCUT2D eigenvalue weighted by molar-refractivity contribution is 5.77. The number of hydrogen-bond donors (Lipinski definition) is 1. The number of carbonyl (C=O) groups excluding carboxylic acids is 1. The molecule has 0 aromatic rings. The summed E-state index contributed by atoms with van der Waals surface area (Å²) in [6.45, 7) is 1.05. The van der Waals surface area contributed by atoms with Gasteiger partial charge in [0.25, 0.3) is 0 Å². The molecule has 2 bridgehead atoms. The van der Waals surface area contributed by atoms with Crippen LogP contribution in [0.1, 0.15) is 141 Å². The molecule has 194 valence electrons. The van der Waals surface area contributed by atoms with Crippen molar-refractivity contribution in [3.63, 3.8) is 0 Å². The second-order valence-electron chi connectivity index (χ2n) is 12.7. The highest BCUT2D eigenvalue weighted by Gasteiger charge is 2.48. The van der Waals surface area contributed by atoms with Crippen LogP contribution in [0.15, 0.2) is 0 Å². The van der Waals surface area contributed by atoms with Crippen molar-refractivity contribution < 1.29 is 4.79 Å². The lowest BCUT2D eigenvalue weighted by atomic mass is 9.91. The van der Waals surface area contributed by atoms with E-state index in [9.17, 15) is 4.79 Å². The molecule has 4 unspecified atom stereocenters. The number of fused-ring (bicyclic) bond motifs is 2. The summed E-state index contributed by atoms with van der Waals surface area (Å²) in [7, 11) is 0. The molecule has 1 heterocycles. The quantitative estimate of drug-likeness (QED) is 0.417. The lowest BCUT2D eigenvalue weighted by molar-refractivity contribution is -0.145. The first kappa shape index (κ1) is 25.1. The van der Waals surface area contributed by atoms with Crippen LogP contribution in [0.25, 0.3) is 0 Å². The molecule has 4 heteroatoms. The van der Waals surface area contributed by atoms with Crippen LogP contribution in [0, 0.1) is 17.8 Å². The Balaban J connectivity index is 1.28. The highest BCUT2D eigenvalue weighted by Crippen LogP contribution is 2.48. The predicted octanol–water partition coefficient (Wildman–Crippen LogP) is 7.18. The van der Waals surface area contributed by atoms with Gasteiger partial charge in [-0.15, -0.1) is 0 Å². The number of nitrogens with zero attached hydrogens (tertiary/aromatic N) is 2. The topological polar surface area (TPSA) is 35.6 Å². The summed E-state index contributed by atoms with van der Waals surface area (Å²) in [5, 5.41) is 2.62. The Morgan fingerprint density at radius 2 is 1.38 bits per heavy atom. The van der Waals surface area contributed by atoms with E-state index in [2.05, 4.69) is 15.3 Å². The van der Waals surface area contributed by atoms with Crippen molar-refractivity contribution in [1.82, 2.24) is 15.3 Å². The van der Waals surface area contributed by atoms with Gasteiger partial charge in [-0.3, -0.25) is 10.2 Å². The molecule has 5 rings (SSSR count). The van der Waals surface area contributed by atoms with Crippen molar-refractivity contribution in [2.24, 2.45) is 17.8 Å². The molecule has 0 spiro atoms. The van der Waals surface area contributed by atoms with E-state index in [4.69, 9.17) is 0 Å². The zero-order valence-electron chi connectivity index (χ0n) is 22.0. The molecule has 34 heavy (non-hydrogen) atoms. The SMILES string of the molecule is O=C(CCC1CCCCCC1)N(C1CC2CCC1C2)C1CCNN1C1CCCCCCCCC1. The molecule has 0 aromatic carbocycles. The van der Waals surface area contributed by atoms with Crippen LogP contribution in [-0.2, 0) is 4.79 Å². The molecule has 1 N–H and O–H groups in total. The number of carbonyl (C=O) groups is 1. The van der Waals surface area contributed by atoms with Gasteiger partial charge in [-0.05, 0) is 62.7 Å². The number of nitrogens with one attached hydrogen (secondary N) is 1. The smallest absolute Gasteiger partial charge is 0.224 e. The van der Waals surface area contributed by atoms with Crippen molar-refractivity contribution in [3.05, 3.63) is 0 Å². The Labute approximate surface area is 209 Å². The van der Waals surface area contributed by atoms with Gasteiger partial charge in [0.15, 0.2) is 0 Å². The van der Waals surface area contributed by atoms with Crippen LogP contribution in [0.5, 0.6) is 0 Å². The van der Waals surface area contributed by atoms with Crippen molar-refractivity contribution in [2.45, 2.75) is 160 Å². The van der Waals surface area contributed by atoms with Gasteiger partial charge in [-0.25, -0.2) is 5.01 Å². The zero-order valence-corrected chi connectivity index (χ0v) is 22.0. The largest absolute Gasteiger partial charge is 0.322 e. The van der Waals surface area contributed by atoms with E-state index in [-0.39, 0.29) is 0 Å². The van der Waals surface area contributed by atoms with Gasteiger partial charge < -0.3 is 4.90 Å². The van der Waals surface area contributed by atoms with E-state index in [0.717, 1.165) is 43.6 Å². The van der Waals surface area contributed by atoms with Gasteiger partial charge in [-0.1, -0.05) is 89.9 Å². The number of rotatable bonds is 6. The van der Waals surface area contributed by atoms with Crippen LogP contribution in [-0.4, -0.2) is 40.6 Å². The average molecular weight is 472 g/mol. The van der Waals surface area contributed by atoms with Crippen molar-refractivity contribution >= 4 is 5.91 Å². The third-order valence-electron chi connectivity index (χ3n) is 10.4. The molecule has 4 nitrogen and oxygen atoms in total. The Bertz CT molecular complexity index is 621. The summed E-state index contributed by atoms with van der Waals surface area (Å²) in [5.74, 6) is 2.96. The highest BCUT2D eigenvalue weighted by atomic mass is 16.2. The average Bonchev–Trinajstić information content (AvgIpc) is 3.56. The standard InChI is InChI=1S/C30H53N3O/c34-30(19-17-24-12-8-6-7-9-13-24)32(28-23-25-16-18-26(28)22-25)29-20-21-31-33(29)27-14-10-4-2-1-3-5-11-15-27/h24-29,31H,1-23H2. The van der Waals surface area contributed by atoms with Gasteiger partial charge in [0.1, 0.15) is 0 Å². The van der Waals surface area contributed by atoms with E-state index in [0.29, 0.717) is 24.2 Å². The summed E-state index contributed by atoms with van der Waals surface area (Å²) >= 11 is 0. The minimum atomic E-state index is 0.305. The van der Waals surface area contributed by atoms with Crippen LogP contribution < -0.4 is 5.43 Å². The first-order chi connectivity index (χ1) is 16.8. The van der Waals surface area contributed by atoms with Crippen molar-refractivity contribution in [1.29, 1.82) is 0 Å². The molecule has 1 saturated heterocycles. The van der Waals surface area contributed by atoms with Crippen LogP contribution in [0.2, 0.25) is 0 Å². The van der Waals surface area contributed by atoms with Crippen LogP contribution in [0.4, 0.5) is 0 Å². The molecule has 4 aliphatic carbocycles. The Morgan fingerprint density at radius 3 is 2.00 bits per heavy atom. The maximum absolute atomic E-state index is 14.0. The summed E-state index contributed by atoms with van der Waals surface area (Å²) < 4.78 is 0. The number of hydrogen-bond acceptors (Lipinski definition) is 3. The maximum atomic E-state index is 14.0. The van der Waals surface area contributed by atoms with Crippen molar-refractivity contribution in [2.75, 3.05) is 6.54 Å². The summed E-state index contributed by atoms with van der Waals surface area (Å²) in [6, 6.07) is 1.13. The maximum Gasteiger partial charge on any atom is 0.224 e. The van der Waals surface area contributed by atoms with E-state index < -0.39 is 0 Å². The molecule has 5 fully saturated rings. The summed E-state index contributed by atoms with van der Waals surface area (Å²) in [5.41, 5.74) is 3.82. The predicted molar refractivity (Wildman–Crippen MR) is 140 cm³/mol. The first-order valence-corrected chi connectivity index (χ1v) is 15.6. The fourth-order valence-electron chi connectivity index (χ4n) is 8.51. The normalized spacial score (nSPS) is 34.8. The fraction of sp³-hybridized carbons (Fsp3) is 0.967. The molecular formula is C30H53N3O. The Kier molecular flexibility index (Phi) is 9.26. The van der Waals surface area contributed by atoms with Gasteiger partial charge in [0.05, 0.1) is 6.17 Å². The van der Waals surface area contributed by atoms with E-state index in [1.165, 1.54) is 122 Å². The van der Waals surface area contributed by atoms with Crippen LogP contribution in [0.3, 0.4) is 0 Å². The number of amides is 1. The molecule has 4 atom stereocenters. The second-order valence-corrected chi connectivity index (χ2v) is 12.7. The summed E-state index contributed by atoms with van der Waals surface area (Å²) in [6.07, 6.45) is 29.5. The molecular weight excluding hydrogens is 418 g/mol. The lowest BCUT2D eigenvalue weighted by Crippen LogP contribution is -2.58. The van der Waals surface area contributed by atoms with Gasteiger partial charge in [0.2, 0.25) is 5.91 Å². The minimum absolute atomic E-state index is 0.305. The van der Waals surface area contributed by atoms with Crippen LogP contribution >= 0.6 is 0 Å². The van der Waals surface area contributed by atoms with Gasteiger partial charge >= 0.3 is 0 Å². The van der Waals surface area contributed by atoms with E-state index >= 15 is 0 Å². The van der Waals surface area contributed by atoms with Crippen molar-refractivity contribution in [3.8, 4) is 0 Å². The van der Waals surface area contributed by atoms with E-state index in [1.54, 1.807) is 0 Å². The molecule has 1 aliphatic heterocycles. The third kappa shape index (κ3) is 6.20. The zero-order chi connectivity index (χ0) is 23.2. The molecule has 1 amide bonds. The Hall–Kier alpha value is -0.610. The van der Waals surface area contributed by atoms with E-state index in [1.807, 2.05) is 0 Å². The second kappa shape index (κ2) is 12.6. The minimum Gasteiger partial charge on any atom is -0.322 e. The number of hydrazine groups is 1. The third-order valence-corrected chi connectivity index (χ3v) is 10.4. The Morgan fingerprint density at radius 1 is 0.735 bits per heavy atom. The van der Waals surface area contributed by atoms with Gasteiger partial charge in [-0.2, -0.15) is 0 Å². The first-order valence-electron chi connectivity index (χ1n) is 15.6. The molecule has 0 aromatic heterocycles. The molecule has 4 saturated carbocycles. The fourth-order valence-corrected chi connectivity index (χ4v) is 8.51. The molecule has 5 aliphatic rings.